The molecule has 1 heteroatoms. The summed E-state index contributed by atoms with van der Waals surface area (Å²) in [7, 11) is 0. The molecule has 0 amide bonds. The summed E-state index contributed by atoms with van der Waals surface area (Å²) < 4.78 is 66.8. The van der Waals surface area contributed by atoms with E-state index in [2.05, 4.69) is 66.7 Å². The monoisotopic (exact) mass is 603 g/mol. The highest BCUT2D eigenvalue weighted by atomic mass is 16.3. The Morgan fingerprint density at radius 3 is 1.77 bits per heavy atom. The fourth-order valence-corrected chi connectivity index (χ4v) is 7.17. The van der Waals surface area contributed by atoms with Crippen molar-refractivity contribution in [3.8, 4) is 33.4 Å². The SMILES string of the molecule is [2H]c1c([2H])c([2H])c2c([2H])c(-c3cccc(-c4c5ccccc5c(-c5ccc6oc7c8ccccc8ccc7c6c5)c5ccccc45)c3)c([2H])c([2H])c2c1[2H]. The molecule has 0 unspecified atom stereocenters. The van der Waals surface area contributed by atoms with Gasteiger partial charge >= 0.3 is 0 Å². The summed E-state index contributed by atoms with van der Waals surface area (Å²) >= 11 is 0. The van der Waals surface area contributed by atoms with Crippen LogP contribution in [0, 0.1) is 0 Å². The summed E-state index contributed by atoms with van der Waals surface area (Å²) in [6.07, 6.45) is 0. The zero-order valence-electron chi connectivity index (χ0n) is 32.0. The normalized spacial score (nSPS) is 13.9. The van der Waals surface area contributed by atoms with Crippen molar-refractivity contribution < 1.29 is 14.0 Å². The third-order valence-electron chi connectivity index (χ3n) is 9.27. The van der Waals surface area contributed by atoms with Gasteiger partial charge in [-0.3, -0.25) is 0 Å². The Kier molecular flexibility index (Phi) is 4.34. The average molecular weight is 604 g/mol. The van der Waals surface area contributed by atoms with Crippen molar-refractivity contribution in [2.24, 2.45) is 0 Å². The lowest BCUT2D eigenvalue weighted by Gasteiger charge is -2.18. The number of furan rings is 1. The molecule has 0 aliphatic carbocycles. The predicted molar refractivity (Wildman–Crippen MR) is 200 cm³/mol. The molecule has 1 nitrogen and oxygen atoms in total. The van der Waals surface area contributed by atoms with Crippen LogP contribution < -0.4 is 0 Å². The minimum absolute atomic E-state index is 0.0572. The van der Waals surface area contributed by atoms with Crippen molar-refractivity contribution in [3.63, 3.8) is 0 Å². The third kappa shape index (κ3) is 4.03. The number of fused-ring (bicyclic) bond motifs is 8. The smallest absolute Gasteiger partial charge is 0.143 e. The molecule has 0 saturated carbocycles. The van der Waals surface area contributed by atoms with Crippen LogP contribution in [0.15, 0.2) is 174 Å². The van der Waals surface area contributed by atoms with Crippen LogP contribution in [0.1, 0.15) is 9.60 Å². The van der Waals surface area contributed by atoms with Crippen LogP contribution in [0.4, 0.5) is 0 Å². The van der Waals surface area contributed by atoms with Gasteiger partial charge in [0.2, 0.25) is 0 Å². The van der Waals surface area contributed by atoms with Crippen molar-refractivity contribution in [3.05, 3.63) is 170 Å². The van der Waals surface area contributed by atoms with Crippen LogP contribution in [-0.4, -0.2) is 0 Å². The average Bonchev–Trinajstić information content (AvgIpc) is 3.58. The predicted octanol–water partition coefficient (Wildman–Crippen LogP) is 13.2. The largest absolute Gasteiger partial charge is 0.455 e. The summed E-state index contributed by atoms with van der Waals surface area (Å²) in [5.74, 6) is 0. The molecule has 218 valence electrons. The molecule has 0 saturated heterocycles. The lowest BCUT2D eigenvalue weighted by atomic mass is 9.85. The number of rotatable bonds is 3. The standard InChI is InChI=1S/C46H28O/c1-2-12-31-26-33(21-20-29(31)10-1)32-13-9-14-34(27-32)44-37-16-5-7-18-39(37)45(40-19-8-6-17-38(40)44)35-23-25-43-42(28-35)41-24-22-30-11-3-4-15-36(30)46(41)47-43/h1-28H/i1D,2D,10D,12D,20D,21D,26D. The summed E-state index contributed by atoms with van der Waals surface area (Å²) in [5, 5.41) is 8.33. The molecule has 10 aromatic rings. The van der Waals surface area contributed by atoms with Crippen LogP contribution in [0.25, 0.3) is 98.4 Å². The summed E-state index contributed by atoms with van der Waals surface area (Å²) in [5.41, 5.74) is 6.38. The number of benzene rings is 9. The summed E-state index contributed by atoms with van der Waals surface area (Å²) in [6, 6.07) is 40.7. The van der Waals surface area contributed by atoms with Crippen molar-refractivity contribution in [1.29, 1.82) is 0 Å². The van der Waals surface area contributed by atoms with Gasteiger partial charge < -0.3 is 4.42 Å². The highest BCUT2D eigenvalue weighted by Crippen LogP contribution is 2.45. The first kappa shape index (κ1) is 20.0. The Morgan fingerprint density at radius 1 is 0.383 bits per heavy atom. The van der Waals surface area contributed by atoms with Gasteiger partial charge in [0.15, 0.2) is 0 Å². The molecule has 0 aliphatic rings. The van der Waals surface area contributed by atoms with Crippen molar-refractivity contribution in [2.75, 3.05) is 0 Å². The molecule has 1 heterocycles. The molecular weight excluding hydrogens is 569 g/mol. The Morgan fingerprint density at radius 2 is 1.02 bits per heavy atom. The molecule has 0 atom stereocenters. The van der Waals surface area contributed by atoms with Crippen LogP contribution in [-0.2, 0) is 0 Å². The Bertz CT molecular complexity index is 3200. The van der Waals surface area contributed by atoms with Crippen molar-refractivity contribution in [1.82, 2.24) is 0 Å². The van der Waals surface area contributed by atoms with E-state index >= 15 is 0 Å². The molecular formula is C46H28O. The molecule has 0 radical (unpaired) electrons. The first-order valence-electron chi connectivity index (χ1n) is 19.1. The van der Waals surface area contributed by atoms with E-state index in [0.717, 1.165) is 76.5 Å². The van der Waals surface area contributed by atoms with Gasteiger partial charge in [-0.25, -0.2) is 0 Å². The summed E-state index contributed by atoms with van der Waals surface area (Å²) in [6.45, 7) is 0. The molecule has 0 aliphatic heterocycles. The zero-order chi connectivity index (χ0) is 37.0. The minimum atomic E-state index is -0.483. The number of hydrogen-bond acceptors (Lipinski definition) is 1. The topological polar surface area (TPSA) is 13.1 Å². The third-order valence-corrected chi connectivity index (χ3v) is 9.27. The van der Waals surface area contributed by atoms with Crippen LogP contribution in [0.3, 0.4) is 0 Å². The van der Waals surface area contributed by atoms with E-state index < -0.39 is 18.1 Å². The van der Waals surface area contributed by atoms with Gasteiger partial charge in [-0.1, -0.05) is 139 Å². The Hall–Kier alpha value is -6.18. The van der Waals surface area contributed by atoms with Crippen LogP contribution in [0.2, 0.25) is 0 Å². The van der Waals surface area contributed by atoms with E-state index in [0.29, 0.717) is 5.56 Å². The molecule has 0 N–H and O–H groups in total. The van der Waals surface area contributed by atoms with Gasteiger partial charge in [-0.05, 0) is 101 Å². The van der Waals surface area contributed by atoms with E-state index in [9.17, 15) is 0 Å². The first-order valence-corrected chi connectivity index (χ1v) is 15.6. The van der Waals surface area contributed by atoms with E-state index in [-0.39, 0.29) is 40.5 Å². The fraction of sp³-hybridized carbons (Fsp3) is 0. The lowest BCUT2D eigenvalue weighted by molar-refractivity contribution is 0.672. The minimum Gasteiger partial charge on any atom is -0.455 e. The molecule has 0 fully saturated rings. The van der Waals surface area contributed by atoms with Gasteiger partial charge in [0.1, 0.15) is 11.2 Å². The fourth-order valence-electron chi connectivity index (χ4n) is 7.17. The van der Waals surface area contributed by atoms with Crippen molar-refractivity contribution >= 4 is 65.0 Å². The Labute approximate surface area is 281 Å². The van der Waals surface area contributed by atoms with Crippen LogP contribution in [0.5, 0.6) is 0 Å². The second-order valence-corrected chi connectivity index (χ2v) is 11.9. The van der Waals surface area contributed by atoms with E-state index in [1.165, 1.54) is 0 Å². The quantitative estimate of drug-likeness (QED) is 0.183. The van der Waals surface area contributed by atoms with E-state index in [1.54, 1.807) is 6.07 Å². The molecule has 10 rings (SSSR count). The maximum Gasteiger partial charge on any atom is 0.143 e. The highest BCUT2D eigenvalue weighted by Gasteiger charge is 2.18. The highest BCUT2D eigenvalue weighted by molar-refractivity contribution is 6.23. The second kappa shape index (κ2) is 10.2. The van der Waals surface area contributed by atoms with Crippen LogP contribution >= 0.6 is 0 Å². The second-order valence-electron chi connectivity index (χ2n) is 11.9. The van der Waals surface area contributed by atoms with E-state index in [1.807, 2.05) is 54.6 Å². The van der Waals surface area contributed by atoms with Gasteiger partial charge in [-0.2, -0.15) is 0 Å². The summed E-state index contributed by atoms with van der Waals surface area (Å²) in [4.78, 5) is 0. The lowest BCUT2D eigenvalue weighted by Crippen LogP contribution is -1.91. The van der Waals surface area contributed by atoms with Gasteiger partial charge in [0, 0.05) is 16.2 Å². The maximum atomic E-state index is 9.16. The molecule has 47 heavy (non-hydrogen) atoms. The Balaban J connectivity index is 1.22. The molecule has 0 bridgehead atoms. The maximum absolute atomic E-state index is 9.16. The molecule has 0 spiro atoms. The molecule has 1 aromatic heterocycles. The molecule has 9 aromatic carbocycles. The first-order chi connectivity index (χ1) is 26.2. The number of hydrogen-bond donors (Lipinski definition) is 0. The van der Waals surface area contributed by atoms with E-state index in [4.69, 9.17) is 14.0 Å². The van der Waals surface area contributed by atoms with Crippen molar-refractivity contribution in [2.45, 2.75) is 0 Å². The van der Waals surface area contributed by atoms with Gasteiger partial charge in [-0.15, -0.1) is 0 Å². The van der Waals surface area contributed by atoms with Gasteiger partial charge in [0.25, 0.3) is 0 Å². The van der Waals surface area contributed by atoms with Gasteiger partial charge in [0.05, 0.1) is 9.60 Å². The zero-order valence-corrected chi connectivity index (χ0v) is 25.0.